The summed E-state index contributed by atoms with van der Waals surface area (Å²) in [5, 5.41) is 9.32. The van der Waals surface area contributed by atoms with Gasteiger partial charge in [-0.2, -0.15) is 0 Å². The second kappa shape index (κ2) is 5.88. The quantitative estimate of drug-likeness (QED) is 0.777. The van der Waals surface area contributed by atoms with Gasteiger partial charge in [-0.1, -0.05) is 0 Å². The largest absolute Gasteiger partial charge is 0.393 e. The average Bonchev–Trinajstić information content (AvgIpc) is 2.69. The van der Waals surface area contributed by atoms with Crippen molar-refractivity contribution >= 4 is 7.37 Å². The normalized spacial score (nSPS) is 29.2. The Morgan fingerprint density at radius 3 is 2.81 bits per heavy atom. The molecule has 2 rings (SSSR count). The van der Waals surface area contributed by atoms with Crippen LogP contribution in [0.4, 0.5) is 0 Å². The van der Waals surface area contributed by atoms with Gasteiger partial charge in [0.15, 0.2) is 5.85 Å². The zero-order valence-corrected chi connectivity index (χ0v) is 13.0. The minimum Gasteiger partial charge on any atom is -0.393 e. The molecule has 0 bridgehead atoms. The van der Waals surface area contributed by atoms with E-state index in [9.17, 15) is 19.3 Å². The molecule has 0 aromatic carbocycles. The maximum Gasteiger partial charge on any atom is 0.330 e. The number of rotatable bonds is 4. The van der Waals surface area contributed by atoms with E-state index >= 15 is 0 Å². The highest BCUT2D eigenvalue weighted by Gasteiger charge is 2.47. The van der Waals surface area contributed by atoms with Gasteiger partial charge in [0, 0.05) is 11.8 Å². The van der Waals surface area contributed by atoms with Crippen molar-refractivity contribution in [3.05, 3.63) is 32.6 Å². The molecular formula is C12H19N2O6P. The van der Waals surface area contributed by atoms with Gasteiger partial charge in [-0.15, -0.1) is 0 Å². The molecule has 0 saturated carbocycles. The van der Waals surface area contributed by atoms with E-state index in [1.807, 2.05) is 0 Å². The number of hydrogen-bond donors (Lipinski definition) is 2. The zero-order chi connectivity index (χ0) is 15.8. The second-order valence-corrected chi connectivity index (χ2v) is 7.87. The molecule has 3 atom stereocenters. The Morgan fingerprint density at radius 1 is 1.57 bits per heavy atom. The number of nitrogens with zero attached hydrogens (tertiary/aromatic N) is 1. The maximum atomic E-state index is 12.7. The van der Waals surface area contributed by atoms with Crippen LogP contribution in [-0.2, 0) is 13.8 Å². The number of aliphatic hydroxyl groups is 1. The molecule has 2 N–H and O–H groups in total. The predicted molar refractivity (Wildman–Crippen MR) is 75.8 cm³/mol. The van der Waals surface area contributed by atoms with Crippen LogP contribution in [0.15, 0.2) is 15.8 Å². The van der Waals surface area contributed by atoms with Crippen LogP contribution >= 0.6 is 7.37 Å². The topological polar surface area (TPSA) is 111 Å². The summed E-state index contributed by atoms with van der Waals surface area (Å²) >= 11 is 0. The van der Waals surface area contributed by atoms with Crippen LogP contribution in [0.5, 0.6) is 0 Å². The monoisotopic (exact) mass is 318 g/mol. The zero-order valence-electron chi connectivity index (χ0n) is 12.1. The number of aliphatic hydroxyl groups excluding tert-OH is 1. The van der Waals surface area contributed by atoms with Gasteiger partial charge < -0.3 is 14.4 Å². The van der Waals surface area contributed by atoms with Crippen LogP contribution in [-0.4, -0.2) is 39.4 Å². The highest BCUT2D eigenvalue weighted by atomic mass is 31.2. The van der Waals surface area contributed by atoms with E-state index in [0.29, 0.717) is 5.56 Å². The Hall–Kier alpha value is -1.21. The second-order valence-electron chi connectivity index (χ2n) is 5.27. The first-order valence-corrected chi connectivity index (χ1v) is 8.50. The number of hydrogen-bond acceptors (Lipinski definition) is 6. The molecule has 1 aliphatic rings. The highest BCUT2D eigenvalue weighted by molar-refractivity contribution is 7.59. The van der Waals surface area contributed by atoms with Crippen molar-refractivity contribution in [2.24, 2.45) is 0 Å². The first-order chi connectivity index (χ1) is 9.76. The van der Waals surface area contributed by atoms with Gasteiger partial charge in [-0.05, 0) is 20.8 Å². The number of H-pyrrole nitrogens is 1. The molecule has 118 valence electrons. The van der Waals surface area contributed by atoms with E-state index in [4.69, 9.17) is 9.26 Å². The number of aromatic nitrogens is 2. The van der Waals surface area contributed by atoms with Gasteiger partial charge in [-0.25, -0.2) is 4.79 Å². The first kappa shape index (κ1) is 16.2. The average molecular weight is 318 g/mol. The molecule has 1 aromatic heterocycles. The highest BCUT2D eigenvalue weighted by Crippen LogP contribution is 2.60. The molecule has 1 aliphatic heterocycles. The molecule has 9 heteroatoms. The van der Waals surface area contributed by atoms with Crippen molar-refractivity contribution in [3.8, 4) is 0 Å². The molecule has 1 fully saturated rings. The summed E-state index contributed by atoms with van der Waals surface area (Å²) in [7, 11) is -3.23. The van der Waals surface area contributed by atoms with Crippen LogP contribution in [0, 0.1) is 6.92 Å². The summed E-state index contributed by atoms with van der Waals surface area (Å²) in [6, 6.07) is 0. The van der Waals surface area contributed by atoms with Gasteiger partial charge in [-0.3, -0.25) is 18.9 Å². The van der Waals surface area contributed by atoms with E-state index in [1.165, 1.54) is 10.8 Å². The maximum absolute atomic E-state index is 12.7. The van der Waals surface area contributed by atoms with Crippen molar-refractivity contribution in [3.63, 3.8) is 0 Å². The van der Waals surface area contributed by atoms with Gasteiger partial charge >= 0.3 is 5.69 Å². The van der Waals surface area contributed by atoms with E-state index in [1.54, 1.807) is 20.8 Å². The first-order valence-electron chi connectivity index (χ1n) is 6.62. The SMILES string of the molecule is Cc1cn([C@@H]2CP(=O)(OC(C)C)[C@@H](CO)O2)c(=O)[nH]c1=O. The molecule has 0 radical (unpaired) electrons. The molecule has 1 unspecified atom stereocenters. The lowest BCUT2D eigenvalue weighted by atomic mass is 10.4. The molecule has 21 heavy (non-hydrogen) atoms. The Morgan fingerprint density at radius 2 is 2.24 bits per heavy atom. The summed E-state index contributed by atoms with van der Waals surface area (Å²) in [6.45, 7) is 4.56. The molecule has 8 nitrogen and oxygen atoms in total. The Kier molecular flexibility index (Phi) is 4.53. The van der Waals surface area contributed by atoms with E-state index in [2.05, 4.69) is 4.98 Å². The number of aryl methyl sites for hydroxylation is 1. The third kappa shape index (κ3) is 3.18. The fourth-order valence-corrected chi connectivity index (χ4v) is 4.68. The summed E-state index contributed by atoms with van der Waals surface area (Å²) in [4.78, 5) is 25.4. The van der Waals surface area contributed by atoms with Crippen molar-refractivity contribution in [1.82, 2.24) is 9.55 Å². The minimum absolute atomic E-state index is 0.0260. The Balaban J connectivity index is 2.36. The molecule has 2 heterocycles. The van der Waals surface area contributed by atoms with Crippen molar-refractivity contribution in [2.75, 3.05) is 12.8 Å². The number of ether oxygens (including phenoxy) is 1. The Labute approximate surface area is 121 Å². The smallest absolute Gasteiger partial charge is 0.330 e. The van der Waals surface area contributed by atoms with Crippen molar-refractivity contribution < 1.29 is 18.9 Å². The lowest BCUT2D eigenvalue weighted by Crippen LogP contribution is -2.34. The van der Waals surface area contributed by atoms with Crippen molar-refractivity contribution in [2.45, 2.75) is 38.9 Å². The van der Waals surface area contributed by atoms with Gasteiger partial charge in [0.25, 0.3) is 5.56 Å². The fourth-order valence-electron chi connectivity index (χ4n) is 2.24. The molecule has 0 aliphatic carbocycles. The van der Waals surface area contributed by atoms with Crippen LogP contribution in [0.25, 0.3) is 0 Å². The summed E-state index contributed by atoms with van der Waals surface area (Å²) < 4.78 is 24.8. The predicted octanol–water partition coefficient (Wildman–Crippen LogP) is 0.395. The van der Waals surface area contributed by atoms with Crippen molar-refractivity contribution in [1.29, 1.82) is 0 Å². The van der Waals surface area contributed by atoms with Crippen LogP contribution in [0.3, 0.4) is 0 Å². The van der Waals surface area contributed by atoms with Crippen LogP contribution in [0.2, 0.25) is 0 Å². The lowest BCUT2D eigenvalue weighted by molar-refractivity contribution is -0.0107. The summed E-state index contributed by atoms with van der Waals surface area (Å²) in [6.07, 6.45) is 0.198. The summed E-state index contributed by atoms with van der Waals surface area (Å²) in [5.74, 6) is -0.968. The standard InChI is InChI=1S/C12H19N2O6P/c1-7(2)20-21(18)6-9(19-10(21)5-15)14-4-8(3)11(16)13-12(14)17/h4,7,9-10,15H,5-6H2,1-3H3,(H,13,16,17)/t9-,10-,21?/m0/s1. The van der Waals surface area contributed by atoms with Gasteiger partial charge in [0.1, 0.15) is 6.23 Å². The molecule has 1 saturated heterocycles. The molecular weight excluding hydrogens is 299 g/mol. The van der Waals surface area contributed by atoms with Gasteiger partial charge in [0.2, 0.25) is 7.37 Å². The van der Waals surface area contributed by atoms with Crippen LogP contribution in [0.1, 0.15) is 25.6 Å². The van der Waals surface area contributed by atoms with E-state index < -0.39 is 37.3 Å². The number of aromatic amines is 1. The van der Waals surface area contributed by atoms with Gasteiger partial charge in [0.05, 0.1) is 18.9 Å². The molecule has 0 spiro atoms. The fraction of sp³-hybridized carbons (Fsp3) is 0.667. The number of nitrogens with one attached hydrogen (secondary N) is 1. The third-order valence-electron chi connectivity index (χ3n) is 3.17. The lowest BCUT2D eigenvalue weighted by Gasteiger charge is -2.19. The van der Waals surface area contributed by atoms with E-state index in [-0.39, 0.29) is 12.3 Å². The minimum atomic E-state index is -3.23. The van der Waals surface area contributed by atoms with Crippen LogP contribution < -0.4 is 11.2 Å². The molecule has 0 amide bonds. The van der Waals surface area contributed by atoms with E-state index in [0.717, 1.165) is 0 Å². The summed E-state index contributed by atoms with van der Waals surface area (Å²) in [5.41, 5.74) is -0.787. The third-order valence-corrected chi connectivity index (χ3v) is 5.93. The Bertz CT molecular complexity index is 679. The molecule has 1 aromatic rings.